The van der Waals surface area contributed by atoms with E-state index in [1.54, 1.807) is 0 Å². The normalized spacial score (nSPS) is 21.3. The monoisotopic (exact) mass is 336 g/mol. The maximum atomic E-state index is 11.6. The number of hydrogen-bond acceptors (Lipinski definition) is 6. The molecule has 0 radical (unpaired) electrons. The minimum Gasteiger partial charge on any atom is -0.381 e. The molecule has 1 N–H and O–H groups in total. The average molecular weight is 337 g/mol. The number of nitrogens with one attached hydrogen (secondary N) is 1. The number of ether oxygens (including phenoxy) is 1. The summed E-state index contributed by atoms with van der Waals surface area (Å²) in [4.78, 5) is 19.4. The van der Waals surface area contributed by atoms with Gasteiger partial charge in [0.15, 0.2) is 0 Å². The number of halogens is 1. The Bertz CT molecular complexity index is 656. The molecule has 1 aromatic rings. The molecular formula is C15H17ClN4O3. The van der Waals surface area contributed by atoms with Gasteiger partial charge in [0, 0.05) is 25.2 Å². The number of aromatic nitrogens is 2. The van der Waals surface area contributed by atoms with Gasteiger partial charge in [-0.15, -0.1) is 0 Å². The number of nitro groups is 1. The van der Waals surface area contributed by atoms with Crippen molar-refractivity contribution >= 4 is 23.1 Å². The minimum absolute atomic E-state index is 0.0168. The van der Waals surface area contributed by atoms with Crippen LogP contribution in [0.25, 0.3) is 0 Å². The quantitative estimate of drug-likeness (QED) is 0.515. The number of allylic oxidation sites excluding steroid dienone is 4. The molecule has 122 valence electrons. The molecule has 1 saturated heterocycles. The zero-order valence-corrected chi connectivity index (χ0v) is 13.2. The Morgan fingerprint density at radius 2 is 2.09 bits per heavy atom. The lowest BCUT2D eigenvalue weighted by Crippen LogP contribution is -2.29. The smallest absolute Gasteiger partial charge is 0.333 e. The fourth-order valence-corrected chi connectivity index (χ4v) is 2.98. The second-order valence-corrected chi connectivity index (χ2v) is 5.86. The summed E-state index contributed by atoms with van der Waals surface area (Å²) < 4.78 is 5.31. The molecule has 0 spiro atoms. The third-order valence-corrected chi connectivity index (χ3v) is 4.13. The van der Waals surface area contributed by atoms with Crippen molar-refractivity contribution in [2.45, 2.75) is 31.2 Å². The highest BCUT2D eigenvalue weighted by Crippen LogP contribution is 2.36. The Kier molecular flexibility index (Phi) is 4.88. The fourth-order valence-electron chi connectivity index (χ4n) is 2.80. The van der Waals surface area contributed by atoms with Crippen molar-refractivity contribution in [3.8, 4) is 0 Å². The van der Waals surface area contributed by atoms with Crippen LogP contribution in [-0.2, 0) is 4.74 Å². The number of rotatable bonds is 4. The van der Waals surface area contributed by atoms with Gasteiger partial charge in [0.05, 0.1) is 4.92 Å². The molecule has 0 bridgehead atoms. The van der Waals surface area contributed by atoms with Gasteiger partial charge in [-0.1, -0.05) is 24.3 Å². The molecule has 2 aliphatic rings. The van der Waals surface area contributed by atoms with Crippen LogP contribution in [0.3, 0.4) is 0 Å². The lowest BCUT2D eigenvalue weighted by molar-refractivity contribution is -0.385. The highest BCUT2D eigenvalue weighted by Gasteiger charge is 2.30. The van der Waals surface area contributed by atoms with Crippen LogP contribution >= 0.6 is 11.6 Å². The van der Waals surface area contributed by atoms with Gasteiger partial charge in [-0.05, 0) is 30.9 Å². The SMILES string of the molecule is O=[N+]([O-])c1c(NC2CCOCC2)nc(Cl)nc1C1C=CC=CC1. The molecule has 1 aromatic heterocycles. The molecule has 7 nitrogen and oxygen atoms in total. The number of hydrogen-bond donors (Lipinski definition) is 1. The molecule has 1 atom stereocenters. The molecule has 1 aliphatic carbocycles. The van der Waals surface area contributed by atoms with Crippen LogP contribution in [0.2, 0.25) is 5.28 Å². The van der Waals surface area contributed by atoms with Gasteiger partial charge in [-0.2, -0.15) is 4.98 Å². The molecule has 0 amide bonds. The van der Waals surface area contributed by atoms with E-state index in [1.165, 1.54) is 0 Å². The molecule has 1 unspecified atom stereocenters. The first-order valence-electron chi connectivity index (χ1n) is 7.54. The van der Waals surface area contributed by atoms with Gasteiger partial charge in [-0.3, -0.25) is 10.1 Å². The van der Waals surface area contributed by atoms with Gasteiger partial charge in [-0.25, -0.2) is 4.98 Å². The lowest BCUT2D eigenvalue weighted by Gasteiger charge is -2.24. The maximum absolute atomic E-state index is 11.6. The highest BCUT2D eigenvalue weighted by molar-refractivity contribution is 6.28. The highest BCUT2D eigenvalue weighted by atomic mass is 35.5. The molecule has 0 aromatic carbocycles. The Morgan fingerprint density at radius 1 is 1.30 bits per heavy atom. The van der Waals surface area contributed by atoms with Crippen LogP contribution in [0.4, 0.5) is 11.5 Å². The third-order valence-electron chi connectivity index (χ3n) is 3.96. The van der Waals surface area contributed by atoms with Crippen LogP contribution in [0, 0.1) is 10.1 Å². The predicted octanol–water partition coefficient (Wildman–Crippen LogP) is 3.23. The summed E-state index contributed by atoms with van der Waals surface area (Å²) >= 11 is 6.01. The van der Waals surface area contributed by atoms with E-state index in [0.717, 1.165) is 12.8 Å². The standard InChI is InChI=1S/C15H17ClN4O3/c16-15-18-12(10-4-2-1-3-5-10)13(20(21)22)14(19-15)17-11-6-8-23-9-7-11/h1-4,10-11H,5-9H2,(H,17,18,19). The summed E-state index contributed by atoms with van der Waals surface area (Å²) in [7, 11) is 0. The summed E-state index contributed by atoms with van der Waals surface area (Å²) in [6.45, 7) is 1.26. The molecule has 1 fully saturated rings. The Labute approximate surface area is 138 Å². The van der Waals surface area contributed by atoms with E-state index in [0.29, 0.717) is 25.3 Å². The summed E-state index contributed by atoms with van der Waals surface area (Å²) in [6.07, 6.45) is 9.83. The van der Waals surface area contributed by atoms with E-state index >= 15 is 0 Å². The van der Waals surface area contributed by atoms with E-state index in [2.05, 4.69) is 15.3 Å². The Morgan fingerprint density at radius 3 is 2.74 bits per heavy atom. The average Bonchev–Trinajstić information content (AvgIpc) is 2.55. The van der Waals surface area contributed by atoms with Crippen LogP contribution in [0.1, 0.15) is 30.9 Å². The van der Waals surface area contributed by atoms with Crippen molar-refractivity contribution in [2.75, 3.05) is 18.5 Å². The second kappa shape index (κ2) is 7.06. The molecule has 0 saturated carbocycles. The van der Waals surface area contributed by atoms with E-state index in [-0.39, 0.29) is 28.7 Å². The molecule has 8 heteroatoms. The number of nitrogens with zero attached hydrogens (tertiary/aromatic N) is 3. The van der Waals surface area contributed by atoms with Crippen LogP contribution in [-0.4, -0.2) is 34.1 Å². The van der Waals surface area contributed by atoms with Gasteiger partial charge in [0.2, 0.25) is 11.1 Å². The van der Waals surface area contributed by atoms with Crippen molar-refractivity contribution in [1.29, 1.82) is 0 Å². The third kappa shape index (κ3) is 3.68. The Balaban J connectivity index is 1.97. The second-order valence-electron chi connectivity index (χ2n) is 5.52. The van der Waals surface area contributed by atoms with Crippen LogP contribution in [0.5, 0.6) is 0 Å². The Hall–Kier alpha value is -1.99. The fraction of sp³-hybridized carbons (Fsp3) is 0.467. The lowest BCUT2D eigenvalue weighted by atomic mass is 9.96. The molecule has 23 heavy (non-hydrogen) atoms. The zero-order valence-electron chi connectivity index (χ0n) is 12.4. The van der Waals surface area contributed by atoms with Crippen molar-refractivity contribution in [3.05, 3.63) is 45.4 Å². The summed E-state index contributed by atoms with van der Waals surface area (Å²) in [5.41, 5.74) is 0.260. The molecule has 1 aliphatic heterocycles. The largest absolute Gasteiger partial charge is 0.381 e. The van der Waals surface area contributed by atoms with Crippen molar-refractivity contribution in [2.24, 2.45) is 0 Å². The van der Waals surface area contributed by atoms with Crippen molar-refractivity contribution in [1.82, 2.24) is 9.97 Å². The van der Waals surface area contributed by atoms with E-state index in [4.69, 9.17) is 16.3 Å². The van der Waals surface area contributed by atoms with Gasteiger partial charge < -0.3 is 10.1 Å². The van der Waals surface area contributed by atoms with E-state index in [1.807, 2.05) is 24.3 Å². The summed E-state index contributed by atoms with van der Waals surface area (Å²) in [6, 6.07) is 0.0862. The number of anilines is 1. The molecular weight excluding hydrogens is 320 g/mol. The van der Waals surface area contributed by atoms with Crippen LogP contribution < -0.4 is 5.32 Å². The van der Waals surface area contributed by atoms with Gasteiger partial charge in [0.1, 0.15) is 5.69 Å². The van der Waals surface area contributed by atoms with E-state index in [9.17, 15) is 10.1 Å². The van der Waals surface area contributed by atoms with Gasteiger partial charge in [0.25, 0.3) is 0 Å². The molecule has 2 heterocycles. The maximum Gasteiger partial charge on any atom is 0.333 e. The zero-order chi connectivity index (χ0) is 16.2. The first kappa shape index (κ1) is 15.9. The predicted molar refractivity (Wildman–Crippen MR) is 86.8 cm³/mol. The van der Waals surface area contributed by atoms with Crippen LogP contribution in [0.15, 0.2) is 24.3 Å². The topological polar surface area (TPSA) is 90.2 Å². The van der Waals surface area contributed by atoms with Gasteiger partial charge >= 0.3 is 5.69 Å². The summed E-state index contributed by atoms with van der Waals surface area (Å²) in [5.74, 6) is 0.0241. The van der Waals surface area contributed by atoms with Crippen molar-refractivity contribution in [3.63, 3.8) is 0 Å². The minimum atomic E-state index is -0.431. The molecule has 3 rings (SSSR count). The first-order chi connectivity index (χ1) is 11.1. The summed E-state index contributed by atoms with van der Waals surface area (Å²) in [5, 5.41) is 14.8. The van der Waals surface area contributed by atoms with E-state index < -0.39 is 4.92 Å². The first-order valence-corrected chi connectivity index (χ1v) is 7.92. The van der Waals surface area contributed by atoms with Crippen molar-refractivity contribution < 1.29 is 9.66 Å².